The molecular weight excluding hydrogens is 374 g/mol. The first-order valence-corrected chi connectivity index (χ1v) is 10.8. The van der Waals surface area contributed by atoms with Crippen LogP contribution in [0.25, 0.3) is 11.1 Å². The number of rotatable bonds is 5. The molecule has 0 spiro atoms. The van der Waals surface area contributed by atoms with Gasteiger partial charge in [0.15, 0.2) is 0 Å². The van der Waals surface area contributed by atoms with Crippen molar-refractivity contribution < 1.29 is 0 Å². The predicted octanol–water partition coefficient (Wildman–Crippen LogP) is 7.71. The minimum Gasteiger partial charge on any atom is -0.308 e. The molecule has 0 aromatic heterocycles. The Kier molecular flexibility index (Phi) is 5.86. The van der Waals surface area contributed by atoms with Gasteiger partial charge in [-0.15, -0.1) is 0 Å². The average molecular weight is 404 g/mol. The highest BCUT2D eigenvalue weighted by Crippen LogP contribution is 2.41. The fourth-order valence-electron chi connectivity index (χ4n) is 4.23. The highest BCUT2D eigenvalue weighted by Gasteiger charge is 2.29. The zero-order chi connectivity index (χ0) is 21.8. The molecule has 3 aromatic rings. The highest BCUT2D eigenvalue weighted by molar-refractivity contribution is 6.09. The molecular formula is C30H29N. The maximum absolute atomic E-state index is 8.07. The van der Waals surface area contributed by atoms with Gasteiger partial charge >= 0.3 is 0 Å². The van der Waals surface area contributed by atoms with E-state index in [1.54, 1.807) is 0 Å². The first-order chi connectivity index (χ1) is 15.0. The largest absolute Gasteiger partial charge is 0.308 e. The Hall–Kier alpha value is -3.45. The third kappa shape index (κ3) is 4.51. The van der Waals surface area contributed by atoms with Crippen LogP contribution < -0.4 is 0 Å². The molecule has 31 heavy (non-hydrogen) atoms. The van der Waals surface area contributed by atoms with Gasteiger partial charge in [0.2, 0.25) is 0 Å². The van der Waals surface area contributed by atoms with Gasteiger partial charge in [-0.3, -0.25) is 0 Å². The first kappa shape index (κ1) is 20.8. The molecule has 1 heteroatoms. The standard InChI is InChI=1S/C30H29N/c1-22-9-13-25(14-10-22)29-17-18-30(3,28-15-11-23(2)12-16-28)20-26(29)19-27(21-31)24-7-5-4-6-8-24/h4-19,21,31H,20H2,1-3H3/b27-19+,31-21?/t30-/m1/s1. The van der Waals surface area contributed by atoms with Crippen LogP contribution in [0, 0.1) is 19.3 Å². The van der Waals surface area contributed by atoms with Crippen LogP contribution in [0.5, 0.6) is 0 Å². The third-order valence-electron chi connectivity index (χ3n) is 6.19. The summed E-state index contributed by atoms with van der Waals surface area (Å²) >= 11 is 0. The highest BCUT2D eigenvalue weighted by atomic mass is 14.4. The molecule has 3 aromatic carbocycles. The van der Waals surface area contributed by atoms with E-state index in [4.69, 9.17) is 5.41 Å². The zero-order valence-electron chi connectivity index (χ0n) is 18.5. The van der Waals surface area contributed by atoms with E-state index in [0.717, 1.165) is 17.6 Å². The van der Waals surface area contributed by atoms with Crippen molar-refractivity contribution >= 4 is 17.4 Å². The maximum Gasteiger partial charge on any atom is 0.0256 e. The van der Waals surface area contributed by atoms with Crippen LogP contribution in [0.2, 0.25) is 0 Å². The molecule has 0 saturated heterocycles. The van der Waals surface area contributed by atoms with Crippen molar-refractivity contribution in [2.45, 2.75) is 32.6 Å². The van der Waals surface area contributed by atoms with Crippen LogP contribution >= 0.6 is 0 Å². The van der Waals surface area contributed by atoms with Gasteiger partial charge in [0.25, 0.3) is 0 Å². The second kappa shape index (κ2) is 8.73. The molecule has 1 atom stereocenters. The number of hydrogen-bond acceptors (Lipinski definition) is 1. The Bertz CT molecular complexity index is 1160. The number of nitrogens with one attached hydrogen (secondary N) is 1. The monoisotopic (exact) mass is 403 g/mol. The summed E-state index contributed by atoms with van der Waals surface area (Å²) in [6.07, 6.45) is 9.17. The summed E-state index contributed by atoms with van der Waals surface area (Å²) < 4.78 is 0. The van der Waals surface area contributed by atoms with Gasteiger partial charge in [0, 0.05) is 11.6 Å². The quantitative estimate of drug-likeness (QED) is 0.422. The Morgan fingerprint density at radius 3 is 2.06 bits per heavy atom. The first-order valence-electron chi connectivity index (χ1n) is 10.8. The zero-order valence-corrected chi connectivity index (χ0v) is 18.5. The van der Waals surface area contributed by atoms with Crippen molar-refractivity contribution in [1.29, 1.82) is 5.41 Å². The van der Waals surface area contributed by atoms with Crippen molar-refractivity contribution in [3.05, 3.63) is 130 Å². The molecule has 1 aliphatic rings. The number of aryl methyl sites for hydroxylation is 2. The lowest BCUT2D eigenvalue weighted by Crippen LogP contribution is -2.22. The Balaban J connectivity index is 1.83. The van der Waals surface area contributed by atoms with Gasteiger partial charge in [-0.2, -0.15) is 0 Å². The molecule has 0 unspecified atom stereocenters. The number of benzene rings is 3. The average Bonchev–Trinajstić information content (AvgIpc) is 2.79. The Labute approximate surface area is 186 Å². The van der Waals surface area contributed by atoms with Crippen molar-refractivity contribution in [2.24, 2.45) is 0 Å². The molecule has 0 heterocycles. The second-order valence-electron chi connectivity index (χ2n) is 8.71. The summed E-state index contributed by atoms with van der Waals surface area (Å²) in [5.41, 5.74) is 9.49. The van der Waals surface area contributed by atoms with Crippen LogP contribution in [-0.4, -0.2) is 6.21 Å². The Morgan fingerprint density at radius 1 is 0.839 bits per heavy atom. The lowest BCUT2D eigenvalue weighted by molar-refractivity contribution is 0.589. The van der Waals surface area contributed by atoms with Crippen molar-refractivity contribution in [3.8, 4) is 0 Å². The molecule has 0 bridgehead atoms. The second-order valence-corrected chi connectivity index (χ2v) is 8.71. The van der Waals surface area contributed by atoms with E-state index >= 15 is 0 Å². The van der Waals surface area contributed by atoms with Crippen molar-refractivity contribution in [2.75, 3.05) is 0 Å². The fraction of sp³-hybridized carbons (Fsp3) is 0.167. The van der Waals surface area contributed by atoms with Crippen LogP contribution in [0.15, 0.2) is 103 Å². The summed E-state index contributed by atoms with van der Waals surface area (Å²) in [6, 6.07) is 27.8. The maximum atomic E-state index is 8.07. The molecule has 0 saturated carbocycles. The minimum absolute atomic E-state index is 0.0858. The fourth-order valence-corrected chi connectivity index (χ4v) is 4.23. The summed E-state index contributed by atoms with van der Waals surface area (Å²) in [5, 5.41) is 8.07. The molecule has 0 fully saturated rings. The van der Waals surface area contributed by atoms with E-state index in [2.05, 4.69) is 99.7 Å². The van der Waals surface area contributed by atoms with E-state index in [9.17, 15) is 0 Å². The Morgan fingerprint density at radius 2 is 1.45 bits per heavy atom. The van der Waals surface area contributed by atoms with Crippen LogP contribution in [-0.2, 0) is 5.41 Å². The number of allylic oxidation sites excluding steroid dienone is 6. The molecule has 0 amide bonds. The SMILES string of the molecule is Cc1ccc(C2=C(/C=C(\C=N)c3ccccc3)C[C@](C)(c3ccc(C)cc3)C=C2)cc1. The van der Waals surface area contributed by atoms with Crippen LogP contribution in [0.4, 0.5) is 0 Å². The molecule has 4 rings (SSSR count). The van der Waals surface area contributed by atoms with Crippen molar-refractivity contribution in [1.82, 2.24) is 0 Å². The van der Waals surface area contributed by atoms with Crippen LogP contribution in [0.1, 0.15) is 41.2 Å². The van der Waals surface area contributed by atoms with E-state index in [-0.39, 0.29) is 5.41 Å². The molecule has 1 N–H and O–H groups in total. The summed E-state index contributed by atoms with van der Waals surface area (Å²) in [5.74, 6) is 0. The van der Waals surface area contributed by atoms with E-state index < -0.39 is 0 Å². The van der Waals surface area contributed by atoms with Gasteiger partial charge in [-0.05, 0) is 59.8 Å². The summed E-state index contributed by atoms with van der Waals surface area (Å²) in [7, 11) is 0. The summed E-state index contributed by atoms with van der Waals surface area (Å²) in [6.45, 7) is 6.55. The molecule has 154 valence electrons. The lowest BCUT2D eigenvalue weighted by atomic mass is 9.71. The number of hydrogen-bond donors (Lipinski definition) is 1. The van der Waals surface area contributed by atoms with Gasteiger partial charge in [-0.1, -0.05) is 109 Å². The van der Waals surface area contributed by atoms with Crippen molar-refractivity contribution in [3.63, 3.8) is 0 Å². The molecule has 1 aliphatic carbocycles. The van der Waals surface area contributed by atoms with Gasteiger partial charge in [-0.25, -0.2) is 0 Å². The normalized spacial score (nSPS) is 18.9. The van der Waals surface area contributed by atoms with E-state index in [1.807, 2.05) is 18.2 Å². The van der Waals surface area contributed by atoms with Crippen LogP contribution in [0.3, 0.4) is 0 Å². The van der Waals surface area contributed by atoms with Gasteiger partial charge in [0.1, 0.15) is 0 Å². The van der Waals surface area contributed by atoms with Gasteiger partial charge in [0.05, 0.1) is 0 Å². The third-order valence-corrected chi connectivity index (χ3v) is 6.19. The predicted molar refractivity (Wildman–Crippen MR) is 134 cm³/mol. The molecule has 0 radical (unpaired) electrons. The molecule has 0 aliphatic heterocycles. The summed E-state index contributed by atoms with van der Waals surface area (Å²) in [4.78, 5) is 0. The van der Waals surface area contributed by atoms with E-state index in [0.29, 0.717) is 0 Å². The smallest absolute Gasteiger partial charge is 0.0256 e. The van der Waals surface area contributed by atoms with E-state index in [1.165, 1.54) is 39.6 Å². The van der Waals surface area contributed by atoms with Gasteiger partial charge < -0.3 is 5.41 Å². The molecule has 1 nitrogen and oxygen atoms in total. The lowest BCUT2D eigenvalue weighted by Gasteiger charge is -2.32. The minimum atomic E-state index is -0.0858. The topological polar surface area (TPSA) is 23.9 Å².